The fourth-order valence-electron chi connectivity index (χ4n) is 1.93. The van der Waals surface area contributed by atoms with Crippen LogP contribution < -0.4 is 0 Å². The fourth-order valence-corrected chi connectivity index (χ4v) is 1.93. The number of rotatable bonds is 5. The van der Waals surface area contributed by atoms with Crippen molar-refractivity contribution in [3.63, 3.8) is 0 Å². The first kappa shape index (κ1) is 17.9. The Hall–Kier alpha value is -2.16. The minimum absolute atomic E-state index is 0.247. The van der Waals surface area contributed by atoms with Gasteiger partial charge in [-0.05, 0) is 0 Å². The normalized spacial score (nSPS) is 26.9. The van der Waals surface area contributed by atoms with Crippen LogP contribution in [0.4, 0.5) is 0 Å². The van der Waals surface area contributed by atoms with Crippen molar-refractivity contribution in [3.05, 3.63) is 0 Å². The highest BCUT2D eigenvalue weighted by Crippen LogP contribution is 2.28. The second-order valence-electron chi connectivity index (χ2n) is 4.60. The van der Waals surface area contributed by atoms with Gasteiger partial charge in [-0.2, -0.15) is 0 Å². The number of hydrogen-bond donors (Lipinski definition) is 0. The van der Waals surface area contributed by atoms with Crippen LogP contribution in [0.25, 0.3) is 0 Å². The lowest BCUT2D eigenvalue weighted by molar-refractivity contribution is -0.197. The molecule has 124 valence electrons. The number of esters is 4. The molecule has 1 aliphatic heterocycles. The molecule has 0 bridgehead atoms. The average Bonchev–Trinajstić information content (AvgIpc) is 2.63. The molecule has 0 saturated carbocycles. The van der Waals surface area contributed by atoms with E-state index in [-0.39, 0.29) is 6.61 Å². The first-order valence-electron chi connectivity index (χ1n) is 6.51. The van der Waals surface area contributed by atoms with Gasteiger partial charge < -0.3 is 23.7 Å². The van der Waals surface area contributed by atoms with E-state index in [0.717, 1.165) is 20.8 Å². The number of ether oxygens (including phenoxy) is 5. The van der Waals surface area contributed by atoms with Crippen molar-refractivity contribution in [2.45, 2.75) is 52.3 Å². The first-order valence-corrected chi connectivity index (χ1v) is 6.51. The maximum atomic E-state index is 11.2. The quantitative estimate of drug-likeness (QED) is 0.497. The zero-order valence-corrected chi connectivity index (χ0v) is 12.7. The van der Waals surface area contributed by atoms with Crippen molar-refractivity contribution < 1.29 is 42.9 Å². The summed E-state index contributed by atoms with van der Waals surface area (Å²) in [6, 6.07) is 0. The van der Waals surface area contributed by atoms with Crippen LogP contribution in [-0.2, 0) is 42.9 Å². The Balaban J connectivity index is 2.94. The van der Waals surface area contributed by atoms with E-state index in [1.54, 1.807) is 0 Å². The van der Waals surface area contributed by atoms with E-state index in [4.69, 9.17) is 23.7 Å². The van der Waals surface area contributed by atoms with Gasteiger partial charge >= 0.3 is 23.9 Å². The lowest BCUT2D eigenvalue weighted by Gasteiger charge is -2.22. The third-order valence-electron chi connectivity index (χ3n) is 2.60. The van der Waals surface area contributed by atoms with Gasteiger partial charge in [0, 0.05) is 27.7 Å². The maximum Gasteiger partial charge on any atom is 0.305 e. The Morgan fingerprint density at radius 1 is 0.773 bits per heavy atom. The van der Waals surface area contributed by atoms with Crippen molar-refractivity contribution in [3.8, 4) is 0 Å². The van der Waals surface area contributed by atoms with E-state index < -0.39 is 48.5 Å². The first-order chi connectivity index (χ1) is 10.2. The summed E-state index contributed by atoms with van der Waals surface area (Å²) >= 11 is 0. The van der Waals surface area contributed by atoms with Crippen LogP contribution >= 0.6 is 0 Å². The molecular weight excluding hydrogens is 300 g/mol. The number of carbonyl (C=O) groups excluding carboxylic acids is 4. The predicted octanol–water partition coefficient (Wildman–Crippen LogP) is -0.299. The van der Waals surface area contributed by atoms with Gasteiger partial charge in [0.1, 0.15) is 12.7 Å². The van der Waals surface area contributed by atoms with Crippen molar-refractivity contribution in [2.24, 2.45) is 0 Å². The lowest BCUT2D eigenvalue weighted by atomic mass is 10.1. The highest BCUT2D eigenvalue weighted by Gasteiger charge is 2.51. The summed E-state index contributed by atoms with van der Waals surface area (Å²) < 4.78 is 25.2. The van der Waals surface area contributed by atoms with Crippen molar-refractivity contribution in [1.29, 1.82) is 0 Å². The zero-order chi connectivity index (χ0) is 16.9. The molecule has 22 heavy (non-hydrogen) atoms. The van der Waals surface area contributed by atoms with E-state index in [1.165, 1.54) is 6.92 Å². The van der Waals surface area contributed by atoms with E-state index in [2.05, 4.69) is 0 Å². The molecule has 9 nitrogen and oxygen atoms in total. The molecule has 0 radical (unpaired) electrons. The van der Waals surface area contributed by atoms with Crippen LogP contribution in [-0.4, -0.2) is 55.1 Å². The molecule has 1 heterocycles. The molecular formula is C13H18O9. The monoisotopic (exact) mass is 318 g/mol. The van der Waals surface area contributed by atoms with Gasteiger partial charge in [-0.3, -0.25) is 19.2 Å². The minimum Gasteiger partial charge on any atom is -0.463 e. The van der Waals surface area contributed by atoms with Crippen LogP contribution in [0, 0.1) is 0 Å². The van der Waals surface area contributed by atoms with Crippen LogP contribution in [0.3, 0.4) is 0 Å². The fraction of sp³-hybridized carbons (Fsp3) is 0.692. The summed E-state index contributed by atoms with van der Waals surface area (Å²) in [7, 11) is 0. The van der Waals surface area contributed by atoms with Crippen molar-refractivity contribution in [2.75, 3.05) is 6.61 Å². The predicted molar refractivity (Wildman–Crippen MR) is 68.2 cm³/mol. The van der Waals surface area contributed by atoms with Gasteiger partial charge in [-0.15, -0.1) is 0 Å². The van der Waals surface area contributed by atoms with Crippen LogP contribution in [0.1, 0.15) is 27.7 Å². The molecule has 4 atom stereocenters. The molecule has 0 spiro atoms. The number of carbonyl (C=O) groups is 4. The molecule has 1 aliphatic rings. The molecule has 1 rings (SSSR count). The minimum atomic E-state index is -1.26. The van der Waals surface area contributed by atoms with Gasteiger partial charge in [0.05, 0.1) is 0 Å². The molecule has 0 aromatic carbocycles. The Morgan fingerprint density at radius 2 is 1.27 bits per heavy atom. The summed E-state index contributed by atoms with van der Waals surface area (Å²) in [5.41, 5.74) is 0. The smallest absolute Gasteiger partial charge is 0.305 e. The Bertz CT molecular complexity index is 458. The van der Waals surface area contributed by atoms with Gasteiger partial charge in [0.2, 0.25) is 12.4 Å². The second kappa shape index (κ2) is 7.74. The van der Waals surface area contributed by atoms with Gasteiger partial charge in [0.25, 0.3) is 0 Å². The maximum absolute atomic E-state index is 11.2. The second-order valence-corrected chi connectivity index (χ2v) is 4.60. The number of hydrogen-bond acceptors (Lipinski definition) is 9. The van der Waals surface area contributed by atoms with Gasteiger partial charge in [0.15, 0.2) is 6.10 Å². The molecule has 0 aliphatic carbocycles. The summed E-state index contributed by atoms with van der Waals surface area (Å²) in [6.45, 7) is 4.40. The van der Waals surface area contributed by atoms with Crippen LogP contribution in [0.15, 0.2) is 0 Å². The highest BCUT2D eigenvalue weighted by molar-refractivity contribution is 5.68. The Kier molecular flexibility index (Phi) is 6.29. The molecule has 0 aromatic rings. The summed E-state index contributed by atoms with van der Waals surface area (Å²) in [4.78, 5) is 44.4. The molecule has 4 unspecified atom stereocenters. The summed E-state index contributed by atoms with van der Waals surface area (Å²) in [5.74, 6) is -2.56. The Labute approximate surface area is 126 Å². The van der Waals surface area contributed by atoms with E-state index in [1.807, 2.05) is 0 Å². The largest absolute Gasteiger partial charge is 0.463 e. The average molecular weight is 318 g/mol. The molecule has 1 saturated heterocycles. The van der Waals surface area contributed by atoms with E-state index in [0.29, 0.717) is 0 Å². The molecule has 0 aromatic heterocycles. The molecule has 0 amide bonds. The summed E-state index contributed by atoms with van der Waals surface area (Å²) in [5, 5.41) is 0. The third kappa shape index (κ3) is 5.32. The molecule has 9 heteroatoms. The van der Waals surface area contributed by atoms with Crippen LogP contribution in [0.2, 0.25) is 0 Å². The Morgan fingerprint density at radius 3 is 1.73 bits per heavy atom. The van der Waals surface area contributed by atoms with Crippen LogP contribution in [0.5, 0.6) is 0 Å². The van der Waals surface area contributed by atoms with Crippen molar-refractivity contribution >= 4 is 23.9 Å². The van der Waals surface area contributed by atoms with E-state index >= 15 is 0 Å². The molecule has 1 fully saturated rings. The highest BCUT2D eigenvalue weighted by atomic mass is 16.8. The topological polar surface area (TPSA) is 114 Å². The third-order valence-corrected chi connectivity index (χ3v) is 2.60. The summed E-state index contributed by atoms with van der Waals surface area (Å²) in [6.07, 6.45) is -4.40. The SMILES string of the molecule is CC(=O)OCC1OC(OC(C)=O)C(OC(C)=O)C1OC(C)=O. The van der Waals surface area contributed by atoms with Gasteiger partial charge in [-0.25, -0.2) is 0 Å². The standard InChI is InChI=1S/C13H18O9/c1-6(14)18-5-10-11(19-7(2)15)12(20-8(3)16)13(22-10)21-9(4)17/h10-13H,5H2,1-4H3. The zero-order valence-electron chi connectivity index (χ0n) is 12.7. The van der Waals surface area contributed by atoms with Gasteiger partial charge in [-0.1, -0.05) is 0 Å². The van der Waals surface area contributed by atoms with Crippen molar-refractivity contribution in [1.82, 2.24) is 0 Å². The molecule has 0 N–H and O–H groups in total. The lowest BCUT2D eigenvalue weighted by Crippen LogP contribution is -2.42. The van der Waals surface area contributed by atoms with E-state index in [9.17, 15) is 19.2 Å².